The molecule has 2 bridgehead atoms. The topological polar surface area (TPSA) is 38.3 Å². The Morgan fingerprint density at radius 1 is 1.10 bits per heavy atom. The summed E-state index contributed by atoms with van der Waals surface area (Å²) >= 11 is 0. The molecule has 3 unspecified atom stereocenters. The van der Waals surface area contributed by atoms with Crippen molar-refractivity contribution < 1.29 is 9.53 Å². The zero-order valence-electron chi connectivity index (χ0n) is 20.2. The van der Waals surface area contributed by atoms with E-state index in [4.69, 9.17) is 4.74 Å². The van der Waals surface area contributed by atoms with E-state index in [9.17, 15) is 4.79 Å². The maximum atomic E-state index is 13.3. The van der Waals surface area contributed by atoms with Crippen molar-refractivity contribution in [2.75, 3.05) is 0 Å². The molecule has 1 aromatic rings. The number of fused-ring (bicyclic) bond motifs is 2. The smallest absolute Gasteiger partial charge is 0.223 e. The monoisotopic (exact) mass is 425 g/mol. The molecule has 0 aromatic heterocycles. The van der Waals surface area contributed by atoms with Crippen molar-refractivity contribution in [1.29, 1.82) is 0 Å². The van der Waals surface area contributed by atoms with Gasteiger partial charge in [0.05, 0.1) is 12.7 Å². The SMILES string of the molecule is Cc1cccc(COC2CCC(C(C)C(=O)NC34CC(C)CC(CC(C)C3)C4)CC2)c1. The maximum absolute atomic E-state index is 13.3. The number of amides is 1. The molecule has 1 aromatic carbocycles. The third-order valence-corrected chi connectivity index (χ3v) is 8.43. The molecule has 4 rings (SSSR count). The standard InChI is InChI=1S/C28H43NO2/c1-19-6-5-7-23(12-19)18-31-26-10-8-25(9-11-26)22(4)27(30)29-28-15-20(2)13-24(17-28)14-21(3)16-28/h5-7,12,20-22,24-26H,8-11,13-18H2,1-4H3,(H,29,30). The molecule has 3 atom stereocenters. The second-order valence-electron chi connectivity index (χ2n) is 11.6. The summed E-state index contributed by atoms with van der Waals surface area (Å²) < 4.78 is 6.21. The lowest BCUT2D eigenvalue weighted by atomic mass is 9.61. The molecule has 3 aliphatic rings. The van der Waals surface area contributed by atoms with E-state index in [-0.39, 0.29) is 11.5 Å². The molecule has 0 spiro atoms. The van der Waals surface area contributed by atoms with Gasteiger partial charge < -0.3 is 10.1 Å². The van der Waals surface area contributed by atoms with E-state index in [2.05, 4.69) is 57.3 Å². The largest absolute Gasteiger partial charge is 0.374 e. The highest BCUT2D eigenvalue weighted by Gasteiger charge is 2.45. The number of hydrogen-bond donors (Lipinski definition) is 1. The van der Waals surface area contributed by atoms with Crippen molar-refractivity contribution in [1.82, 2.24) is 5.32 Å². The molecule has 172 valence electrons. The Balaban J connectivity index is 1.26. The van der Waals surface area contributed by atoms with E-state index < -0.39 is 0 Å². The van der Waals surface area contributed by atoms with Gasteiger partial charge in [0.2, 0.25) is 5.91 Å². The molecule has 3 nitrogen and oxygen atoms in total. The van der Waals surface area contributed by atoms with Gasteiger partial charge >= 0.3 is 0 Å². The molecule has 0 radical (unpaired) electrons. The summed E-state index contributed by atoms with van der Waals surface area (Å²) in [5.74, 6) is 3.20. The third kappa shape index (κ3) is 5.72. The first-order valence-corrected chi connectivity index (χ1v) is 12.8. The van der Waals surface area contributed by atoms with Gasteiger partial charge in [-0.1, -0.05) is 50.6 Å². The number of aryl methyl sites for hydroxylation is 1. The number of benzene rings is 1. The molecule has 1 N–H and O–H groups in total. The van der Waals surface area contributed by atoms with E-state index >= 15 is 0 Å². The predicted molar refractivity (Wildman–Crippen MR) is 127 cm³/mol. The number of hydrogen-bond acceptors (Lipinski definition) is 2. The Morgan fingerprint density at radius 2 is 1.77 bits per heavy atom. The average Bonchev–Trinajstić information content (AvgIpc) is 2.70. The highest BCUT2D eigenvalue weighted by atomic mass is 16.5. The van der Waals surface area contributed by atoms with Gasteiger partial charge in [-0.25, -0.2) is 0 Å². The minimum Gasteiger partial charge on any atom is -0.374 e. The third-order valence-electron chi connectivity index (χ3n) is 8.43. The summed E-state index contributed by atoms with van der Waals surface area (Å²) in [6.07, 6.45) is 11.0. The van der Waals surface area contributed by atoms with Gasteiger partial charge in [0.1, 0.15) is 0 Å². The van der Waals surface area contributed by atoms with Gasteiger partial charge in [-0.3, -0.25) is 4.79 Å². The molecule has 3 fully saturated rings. The Labute approximate surface area is 189 Å². The zero-order chi connectivity index (χ0) is 22.0. The normalized spacial score (nSPS) is 36.6. The molecule has 0 heterocycles. The highest BCUT2D eigenvalue weighted by Crippen LogP contribution is 2.47. The van der Waals surface area contributed by atoms with Crippen LogP contribution in [-0.2, 0) is 16.1 Å². The number of nitrogens with one attached hydrogen (secondary N) is 1. The maximum Gasteiger partial charge on any atom is 0.223 e. The van der Waals surface area contributed by atoms with Crippen LogP contribution < -0.4 is 5.32 Å². The van der Waals surface area contributed by atoms with Crippen molar-refractivity contribution in [2.45, 2.75) is 104 Å². The summed E-state index contributed by atoms with van der Waals surface area (Å²) in [6, 6.07) is 8.59. The fraction of sp³-hybridized carbons (Fsp3) is 0.750. The van der Waals surface area contributed by atoms with Gasteiger partial charge in [0.25, 0.3) is 0 Å². The molecule has 3 aliphatic carbocycles. The molecule has 1 amide bonds. The minimum atomic E-state index is 0.0689. The number of carbonyl (C=O) groups is 1. The minimum absolute atomic E-state index is 0.0689. The summed E-state index contributed by atoms with van der Waals surface area (Å²) in [6.45, 7) is 9.76. The van der Waals surface area contributed by atoms with Crippen LogP contribution in [0.5, 0.6) is 0 Å². The fourth-order valence-electron chi connectivity index (χ4n) is 7.22. The van der Waals surface area contributed by atoms with E-state index in [1.165, 1.54) is 43.2 Å². The van der Waals surface area contributed by atoms with Crippen molar-refractivity contribution in [3.8, 4) is 0 Å². The van der Waals surface area contributed by atoms with Gasteiger partial charge in [0.15, 0.2) is 0 Å². The Hall–Kier alpha value is -1.35. The first-order chi connectivity index (χ1) is 14.8. The lowest BCUT2D eigenvalue weighted by molar-refractivity contribution is -0.131. The average molecular weight is 426 g/mol. The van der Waals surface area contributed by atoms with Crippen molar-refractivity contribution in [3.63, 3.8) is 0 Å². The van der Waals surface area contributed by atoms with Crippen LogP contribution in [0.15, 0.2) is 24.3 Å². The molecule has 31 heavy (non-hydrogen) atoms. The first kappa shape index (κ1) is 22.8. The Morgan fingerprint density at radius 3 is 2.42 bits per heavy atom. The van der Waals surface area contributed by atoms with Crippen LogP contribution in [0.4, 0.5) is 0 Å². The summed E-state index contributed by atoms with van der Waals surface area (Å²) in [7, 11) is 0. The zero-order valence-corrected chi connectivity index (χ0v) is 20.2. The fourth-order valence-corrected chi connectivity index (χ4v) is 7.22. The highest BCUT2D eigenvalue weighted by molar-refractivity contribution is 5.79. The van der Waals surface area contributed by atoms with E-state index in [1.807, 2.05) is 0 Å². The first-order valence-electron chi connectivity index (χ1n) is 12.8. The van der Waals surface area contributed by atoms with Crippen LogP contribution in [-0.4, -0.2) is 17.6 Å². The Kier molecular flexibility index (Phi) is 7.10. The molecule has 3 heteroatoms. The van der Waals surface area contributed by atoms with E-state index in [0.29, 0.717) is 24.5 Å². The lowest BCUT2D eigenvalue weighted by Crippen LogP contribution is -2.57. The summed E-state index contributed by atoms with van der Waals surface area (Å²) in [4.78, 5) is 13.3. The molecule has 0 aliphatic heterocycles. The van der Waals surface area contributed by atoms with Crippen LogP contribution in [0, 0.1) is 36.5 Å². The molecule has 0 saturated heterocycles. The lowest BCUT2D eigenvalue weighted by Gasteiger charge is -2.51. The Bertz CT molecular complexity index is 732. The molecule has 3 saturated carbocycles. The predicted octanol–water partition coefficient (Wildman–Crippen LogP) is 6.43. The second kappa shape index (κ2) is 9.65. The number of ether oxygens (including phenoxy) is 1. The van der Waals surface area contributed by atoms with Crippen molar-refractivity contribution in [2.24, 2.45) is 29.6 Å². The molecular formula is C28H43NO2. The van der Waals surface area contributed by atoms with E-state index in [0.717, 1.165) is 43.4 Å². The van der Waals surface area contributed by atoms with Crippen molar-refractivity contribution in [3.05, 3.63) is 35.4 Å². The summed E-state index contributed by atoms with van der Waals surface area (Å²) in [5.41, 5.74) is 2.62. The quantitative estimate of drug-likeness (QED) is 0.570. The van der Waals surface area contributed by atoms with Crippen LogP contribution >= 0.6 is 0 Å². The van der Waals surface area contributed by atoms with Crippen molar-refractivity contribution >= 4 is 5.91 Å². The van der Waals surface area contributed by atoms with Crippen LogP contribution in [0.2, 0.25) is 0 Å². The van der Waals surface area contributed by atoms with Gasteiger partial charge in [-0.2, -0.15) is 0 Å². The van der Waals surface area contributed by atoms with Gasteiger partial charge in [-0.05, 0) is 93.9 Å². The molecular weight excluding hydrogens is 382 g/mol. The van der Waals surface area contributed by atoms with Gasteiger partial charge in [0, 0.05) is 11.5 Å². The van der Waals surface area contributed by atoms with Crippen LogP contribution in [0.1, 0.15) is 89.7 Å². The second-order valence-corrected chi connectivity index (χ2v) is 11.6. The number of carbonyl (C=O) groups excluding carboxylic acids is 1. The number of rotatable bonds is 6. The van der Waals surface area contributed by atoms with E-state index in [1.54, 1.807) is 0 Å². The van der Waals surface area contributed by atoms with Crippen LogP contribution in [0.25, 0.3) is 0 Å². The van der Waals surface area contributed by atoms with Crippen LogP contribution in [0.3, 0.4) is 0 Å². The van der Waals surface area contributed by atoms with Gasteiger partial charge in [-0.15, -0.1) is 0 Å². The summed E-state index contributed by atoms with van der Waals surface area (Å²) in [5, 5.41) is 3.61.